The van der Waals surface area contributed by atoms with Gasteiger partial charge >= 0.3 is 0 Å². The number of pyridine rings is 1. The van der Waals surface area contributed by atoms with E-state index in [9.17, 15) is 4.39 Å². The van der Waals surface area contributed by atoms with Crippen LogP contribution in [0.4, 0.5) is 10.2 Å². The number of aryl methyl sites for hydroxylation is 1. The van der Waals surface area contributed by atoms with Gasteiger partial charge in [0, 0.05) is 56.0 Å². The Morgan fingerprint density at radius 3 is 3.00 bits per heavy atom. The summed E-state index contributed by atoms with van der Waals surface area (Å²) in [5, 5.41) is 8.16. The van der Waals surface area contributed by atoms with E-state index >= 15 is 0 Å². The summed E-state index contributed by atoms with van der Waals surface area (Å²) in [6.45, 7) is 4.45. The van der Waals surface area contributed by atoms with Crippen LogP contribution in [0.1, 0.15) is 24.5 Å². The van der Waals surface area contributed by atoms with E-state index in [-0.39, 0.29) is 11.9 Å². The van der Waals surface area contributed by atoms with Crippen LogP contribution < -0.4 is 15.5 Å². The number of anilines is 1. The number of fused-ring (bicyclic) bond motifs is 1. The van der Waals surface area contributed by atoms with Crippen LogP contribution in [0, 0.1) is 5.82 Å². The van der Waals surface area contributed by atoms with Crippen molar-refractivity contribution in [3.05, 3.63) is 59.7 Å². The van der Waals surface area contributed by atoms with Crippen molar-refractivity contribution >= 4 is 22.7 Å². The van der Waals surface area contributed by atoms with E-state index in [1.54, 1.807) is 19.3 Å². The monoisotopic (exact) mass is 408 g/mol. The second-order valence-corrected chi connectivity index (χ2v) is 7.64. The summed E-state index contributed by atoms with van der Waals surface area (Å²) in [4.78, 5) is 13.9. The molecule has 1 fully saturated rings. The first-order valence-corrected chi connectivity index (χ1v) is 10.6. The lowest BCUT2D eigenvalue weighted by molar-refractivity contribution is 0.612. The molecule has 7 heteroatoms. The van der Waals surface area contributed by atoms with Gasteiger partial charge in [-0.2, -0.15) is 0 Å². The summed E-state index contributed by atoms with van der Waals surface area (Å²) in [5.74, 6) is 0.929. The van der Waals surface area contributed by atoms with E-state index in [1.165, 1.54) is 28.1 Å². The summed E-state index contributed by atoms with van der Waals surface area (Å²) in [5.41, 5.74) is 3.89. The number of hydrogen-bond donors (Lipinski definition) is 3. The number of aromatic amines is 1. The van der Waals surface area contributed by atoms with Crippen LogP contribution in [0.25, 0.3) is 10.9 Å². The summed E-state index contributed by atoms with van der Waals surface area (Å²) in [6, 6.07) is 9.76. The first-order chi connectivity index (χ1) is 14.7. The number of nitrogens with zero attached hydrogens (tertiary/aromatic N) is 3. The molecule has 6 nitrogen and oxygen atoms in total. The number of para-hydroxylation sites is 1. The standard InChI is InChI=1S/C23H29FN6/c1-3-16-6-4-7-19-17(14-28-21(16)19)9-12-27-23(25-2)29-18-10-13-30(15-18)22-20(24)8-5-11-26-22/h4-8,11,14,18,28H,3,9-10,12-13,15H2,1-2H3,(H2,25,27,29). The van der Waals surface area contributed by atoms with Crippen LogP contribution in [0.2, 0.25) is 0 Å². The van der Waals surface area contributed by atoms with Crippen LogP contribution >= 0.6 is 0 Å². The van der Waals surface area contributed by atoms with Gasteiger partial charge in [0.25, 0.3) is 0 Å². The van der Waals surface area contributed by atoms with Crippen molar-refractivity contribution in [1.82, 2.24) is 20.6 Å². The Morgan fingerprint density at radius 2 is 2.20 bits per heavy atom. The Kier molecular flexibility index (Phi) is 6.16. The van der Waals surface area contributed by atoms with E-state index in [0.29, 0.717) is 12.4 Å². The van der Waals surface area contributed by atoms with Gasteiger partial charge in [0.05, 0.1) is 0 Å². The first kappa shape index (κ1) is 20.2. The number of nitrogens with one attached hydrogen (secondary N) is 3. The molecular weight excluding hydrogens is 379 g/mol. The summed E-state index contributed by atoms with van der Waals surface area (Å²) >= 11 is 0. The molecule has 1 aromatic carbocycles. The van der Waals surface area contributed by atoms with Crippen molar-refractivity contribution < 1.29 is 4.39 Å². The molecule has 1 unspecified atom stereocenters. The summed E-state index contributed by atoms with van der Waals surface area (Å²) in [7, 11) is 1.78. The highest BCUT2D eigenvalue weighted by molar-refractivity contribution is 5.86. The number of guanidine groups is 1. The third-order valence-electron chi connectivity index (χ3n) is 5.75. The van der Waals surface area contributed by atoms with Gasteiger partial charge in [0.1, 0.15) is 0 Å². The van der Waals surface area contributed by atoms with Crippen molar-refractivity contribution in [2.45, 2.75) is 32.2 Å². The molecule has 1 saturated heterocycles. The average Bonchev–Trinajstić information content (AvgIpc) is 3.40. The lowest BCUT2D eigenvalue weighted by Gasteiger charge is -2.20. The molecule has 1 atom stereocenters. The first-order valence-electron chi connectivity index (χ1n) is 10.6. The Morgan fingerprint density at radius 1 is 1.30 bits per heavy atom. The molecule has 1 aliphatic rings. The molecule has 0 saturated carbocycles. The zero-order valence-electron chi connectivity index (χ0n) is 17.6. The van der Waals surface area contributed by atoms with Crippen LogP contribution in [0.5, 0.6) is 0 Å². The highest BCUT2D eigenvalue weighted by Gasteiger charge is 2.25. The van der Waals surface area contributed by atoms with Gasteiger partial charge in [0.15, 0.2) is 17.6 Å². The Bertz CT molecular complexity index is 1030. The minimum Gasteiger partial charge on any atom is -0.361 e. The number of hydrogen-bond acceptors (Lipinski definition) is 3. The molecule has 1 aliphatic heterocycles. The van der Waals surface area contributed by atoms with Crippen molar-refractivity contribution in [3.8, 4) is 0 Å². The quantitative estimate of drug-likeness (QED) is 0.433. The fourth-order valence-corrected chi connectivity index (χ4v) is 4.16. The second-order valence-electron chi connectivity index (χ2n) is 7.64. The molecule has 3 heterocycles. The predicted molar refractivity (Wildman–Crippen MR) is 121 cm³/mol. The summed E-state index contributed by atoms with van der Waals surface area (Å²) in [6.07, 6.45) is 6.58. The minimum atomic E-state index is -0.273. The van der Waals surface area contributed by atoms with Gasteiger partial charge in [-0.15, -0.1) is 0 Å². The van der Waals surface area contributed by atoms with Crippen LogP contribution in [0.3, 0.4) is 0 Å². The Labute approximate surface area is 176 Å². The number of halogens is 1. The van der Waals surface area contributed by atoms with Crippen molar-refractivity contribution in [2.24, 2.45) is 4.99 Å². The maximum atomic E-state index is 14.0. The third kappa shape index (κ3) is 4.25. The van der Waals surface area contributed by atoms with E-state index in [0.717, 1.165) is 38.3 Å². The Balaban J connectivity index is 1.30. The van der Waals surface area contributed by atoms with Crippen LogP contribution in [0.15, 0.2) is 47.7 Å². The molecule has 0 bridgehead atoms. The molecule has 3 aromatic rings. The largest absolute Gasteiger partial charge is 0.361 e. The van der Waals surface area contributed by atoms with E-state index in [1.807, 2.05) is 4.90 Å². The maximum absolute atomic E-state index is 14.0. The Hall–Kier alpha value is -3.09. The molecule has 3 N–H and O–H groups in total. The zero-order valence-corrected chi connectivity index (χ0v) is 17.6. The van der Waals surface area contributed by atoms with Gasteiger partial charge in [-0.25, -0.2) is 9.37 Å². The number of benzene rings is 1. The van der Waals surface area contributed by atoms with Gasteiger partial charge in [-0.3, -0.25) is 4.99 Å². The van der Waals surface area contributed by atoms with E-state index in [2.05, 4.69) is 56.9 Å². The topological polar surface area (TPSA) is 68.3 Å². The molecule has 158 valence electrons. The average molecular weight is 409 g/mol. The lowest BCUT2D eigenvalue weighted by Crippen LogP contribution is -2.45. The molecule has 2 aromatic heterocycles. The molecule has 0 amide bonds. The zero-order chi connectivity index (χ0) is 20.9. The van der Waals surface area contributed by atoms with Gasteiger partial charge in [-0.1, -0.05) is 25.1 Å². The smallest absolute Gasteiger partial charge is 0.191 e. The highest BCUT2D eigenvalue weighted by atomic mass is 19.1. The predicted octanol–water partition coefficient (Wildman–Crippen LogP) is 3.25. The number of rotatable bonds is 6. The molecule has 0 spiro atoms. The second kappa shape index (κ2) is 9.15. The molecule has 30 heavy (non-hydrogen) atoms. The van der Waals surface area contributed by atoms with Gasteiger partial charge in [0.2, 0.25) is 0 Å². The number of H-pyrrole nitrogens is 1. The van der Waals surface area contributed by atoms with Crippen molar-refractivity contribution in [2.75, 3.05) is 31.6 Å². The maximum Gasteiger partial charge on any atom is 0.191 e. The highest BCUT2D eigenvalue weighted by Crippen LogP contribution is 2.23. The molecule has 4 rings (SSSR count). The van der Waals surface area contributed by atoms with Gasteiger partial charge < -0.3 is 20.5 Å². The van der Waals surface area contributed by atoms with Crippen molar-refractivity contribution in [1.29, 1.82) is 0 Å². The molecule has 0 aliphatic carbocycles. The fourth-order valence-electron chi connectivity index (χ4n) is 4.16. The van der Waals surface area contributed by atoms with Crippen LogP contribution in [-0.4, -0.2) is 48.7 Å². The normalized spacial score (nSPS) is 17.0. The number of aromatic nitrogens is 2. The molecular formula is C23H29FN6. The van der Waals surface area contributed by atoms with Crippen molar-refractivity contribution in [3.63, 3.8) is 0 Å². The minimum absolute atomic E-state index is 0.206. The van der Waals surface area contributed by atoms with Gasteiger partial charge in [-0.05, 0) is 42.5 Å². The fraction of sp³-hybridized carbons (Fsp3) is 0.391. The SMILES string of the molecule is CCc1cccc2c(CCNC(=NC)NC3CCN(c4ncccc4F)C3)c[nH]c12. The number of aliphatic imine (C=N–C) groups is 1. The lowest BCUT2D eigenvalue weighted by atomic mass is 10.1. The van der Waals surface area contributed by atoms with E-state index < -0.39 is 0 Å². The van der Waals surface area contributed by atoms with Crippen LogP contribution in [-0.2, 0) is 12.8 Å². The van der Waals surface area contributed by atoms with E-state index in [4.69, 9.17) is 0 Å². The third-order valence-corrected chi connectivity index (χ3v) is 5.75. The summed E-state index contributed by atoms with van der Waals surface area (Å²) < 4.78 is 14.0. The molecule has 0 radical (unpaired) electrons.